The van der Waals surface area contributed by atoms with E-state index in [1.807, 2.05) is 61.5 Å². The molecular formula is C20H22BrNO3. The molecule has 1 unspecified atom stereocenters. The number of aliphatic hydroxyl groups is 1. The summed E-state index contributed by atoms with van der Waals surface area (Å²) in [6.45, 7) is 2.57. The third kappa shape index (κ3) is 3.72. The molecule has 0 spiro atoms. The van der Waals surface area contributed by atoms with Gasteiger partial charge in [0.2, 0.25) is 0 Å². The van der Waals surface area contributed by atoms with Crippen molar-refractivity contribution in [1.82, 2.24) is 4.90 Å². The Morgan fingerprint density at radius 3 is 2.48 bits per heavy atom. The summed E-state index contributed by atoms with van der Waals surface area (Å²) >= 11 is 3.43. The second-order valence-electron chi connectivity index (χ2n) is 6.37. The van der Waals surface area contributed by atoms with Crippen LogP contribution in [0.3, 0.4) is 0 Å². The Kier molecular flexibility index (Phi) is 5.45. The monoisotopic (exact) mass is 403 g/mol. The summed E-state index contributed by atoms with van der Waals surface area (Å²) in [5.41, 5.74) is 1.26. The van der Waals surface area contributed by atoms with E-state index in [-0.39, 0.29) is 18.7 Å². The Labute approximate surface area is 156 Å². The number of benzene rings is 2. The van der Waals surface area contributed by atoms with E-state index in [4.69, 9.17) is 4.74 Å². The van der Waals surface area contributed by atoms with Crippen LogP contribution in [-0.4, -0.2) is 29.3 Å². The van der Waals surface area contributed by atoms with Crippen molar-refractivity contribution in [2.75, 3.05) is 13.2 Å². The molecule has 0 aromatic heterocycles. The molecule has 25 heavy (non-hydrogen) atoms. The fourth-order valence-corrected chi connectivity index (χ4v) is 3.65. The lowest BCUT2D eigenvalue weighted by atomic mass is 9.85. The van der Waals surface area contributed by atoms with Crippen molar-refractivity contribution in [3.63, 3.8) is 0 Å². The predicted molar refractivity (Wildman–Crippen MR) is 100 cm³/mol. The summed E-state index contributed by atoms with van der Waals surface area (Å²) in [6.07, 6.45) is 0.729. The summed E-state index contributed by atoms with van der Waals surface area (Å²) in [7, 11) is 0. The van der Waals surface area contributed by atoms with Crippen LogP contribution in [0.2, 0.25) is 0 Å². The number of halogens is 1. The highest BCUT2D eigenvalue weighted by Crippen LogP contribution is 2.39. The average molecular weight is 404 g/mol. The highest BCUT2D eigenvalue weighted by atomic mass is 79.9. The molecular weight excluding hydrogens is 382 g/mol. The molecule has 1 heterocycles. The quantitative estimate of drug-likeness (QED) is 0.791. The largest absolute Gasteiger partial charge is 0.438 e. The van der Waals surface area contributed by atoms with Crippen molar-refractivity contribution < 1.29 is 14.6 Å². The van der Waals surface area contributed by atoms with Crippen LogP contribution >= 0.6 is 15.9 Å². The zero-order chi connectivity index (χ0) is 17.9. The first kappa shape index (κ1) is 18.0. The lowest BCUT2D eigenvalue weighted by Crippen LogP contribution is -2.49. The third-order valence-electron chi connectivity index (χ3n) is 4.91. The molecule has 1 aliphatic rings. The third-order valence-corrected chi connectivity index (χ3v) is 5.44. The molecule has 2 atom stereocenters. The number of carbonyl (C=O) groups is 1. The Bertz CT molecular complexity index is 719. The molecule has 1 fully saturated rings. The van der Waals surface area contributed by atoms with Gasteiger partial charge in [0.1, 0.15) is 5.60 Å². The smallest absolute Gasteiger partial charge is 0.411 e. The number of carbonyl (C=O) groups excluding carboxylic acids is 1. The number of hydrogen-bond acceptors (Lipinski definition) is 3. The summed E-state index contributed by atoms with van der Waals surface area (Å²) in [6, 6.07) is 17.6. The van der Waals surface area contributed by atoms with Gasteiger partial charge in [0.15, 0.2) is 0 Å². The van der Waals surface area contributed by atoms with Crippen LogP contribution in [0.15, 0.2) is 59.1 Å². The number of aliphatic hydroxyl groups excluding tert-OH is 1. The van der Waals surface area contributed by atoms with Gasteiger partial charge in [0.25, 0.3) is 0 Å². The predicted octanol–water partition coefficient (Wildman–Crippen LogP) is 4.63. The molecule has 0 aliphatic carbocycles. The second-order valence-corrected chi connectivity index (χ2v) is 7.29. The summed E-state index contributed by atoms with van der Waals surface area (Å²) < 4.78 is 6.91. The van der Waals surface area contributed by atoms with E-state index in [1.54, 1.807) is 4.90 Å². The van der Waals surface area contributed by atoms with E-state index < -0.39 is 5.60 Å². The minimum Gasteiger partial charge on any atom is -0.438 e. The van der Waals surface area contributed by atoms with Gasteiger partial charge in [0.05, 0.1) is 6.04 Å². The van der Waals surface area contributed by atoms with Gasteiger partial charge in [-0.15, -0.1) is 0 Å². The van der Waals surface area contributed by atoms with Crippen molar-refractivity contribution in [3.05, 3.63) is 70.2 Å². The second kappa shape index (κ2) is 7.58. The van der Waals surface area contributed by atoms with Gasteiger partial charge in [-0.05, 0) is 30.2 Å². The van der Waals surface area contributed by atoms with Crippen LogP contribution in [0.25, 0.3) is 0 Å². The highest BCUT2D eigenvalue weighted by molar-refractivity contribution is 9.10. The van der Waals surface area contributed by atoms with E-state index in [9.17, 15) is 9.90 Å². The average Bonchev–Trinajstić information content (AvgIpc) is 2.63. The molecule has 4 nitrogen and oxygen atoms in total. The van der Waals surface area contributed by atoms with Gasteiger partial charge in [-0.25, -0.2) is 4.79 Å². The highest BCUT2D eigenvalue weighted by Gasteiger charge is 2.43. The van der Waals surface area contributed by atoms with E-state index in [0.717, 1.165) is 15.6 Å². The number of amides is 1. The number of hydrogen-bond donors (Lipinski definition) is 1. The molecule has 1 saturated heterocycles. The van der Waals surface area contributed by atoms with E-state index in [1.165, 1.54) is 0 Å². The number of cyclic esters (lactones) is 1. The number of ether oxygens (including phenoxy) is 1. The molecule has 1 amide bonds. The fourth-order valence-electron chi connectivity index (χ4n) is 3.39. The fraction of sp³-hybridized carbons (Fsp3) is 0.350. The zero-order valence-electron chi connectivity index (χ0n) is 14.2. The van der Waals surface area contributed by atoms with Gasteiger partial charge in [-0.1, -0.05) is 58.4 Å². The maximum atomic E-state index is 12.8. The molecule has 2 aromatic rings. The van der Waals surface area contributed by atoms with Crippen molar-refractivity contribution in [1.29, 1.82) is 0 Å². The lowest BCUT2D eigenvalue weighted by molar-refractivity contribution is -0.0718. The summed E-state index contributed by atoms with van der Waals surface area (Å²) in [4.78, 5) is 14.5. The first-order valence-electron chi connectivity index (χ1n) is 8.47. The van der Waals surface area contributed by atoms with Crippen molar-refractivity contribution in [2.45, 2.75) is 31.4 Å². The molecule has 2 aromatic carbocycles. The molecule has 132 valence electrons. The summed E-state index contributed by atoms with van der Waals surface area (Å²) in [5.74, 6) is 0. The summed E-state index contributed by atoms with van der Waals surface area (Å²) in [5, 5.41) is 9.50. The van der Waals surface area contributed by atoms with Crippen molar-refractivity contribution >= 4 is 22.0 Å². The van der Waals surface area contributed by atoms with Gasteiger partial charge < -0.3 is 14.7 Å². The first-order chi connectivity index (χ1) is 12.1. The molecule has 3 rings (SSSR count). The Morgan fingerprint density at radius 2 is 1.88 bits per heavy atom. The van der Waals surface area contributed by atoms with Gasteiger partial charge in [-0.2, -0.15) is 0 Å². The Hall–Kier alpha value is -1.85. The van der Waals surface area contributed by atoms with Crippen LogP contribution in [0.4, 0.5) is 4.79 Å². The van der Waals surface area contributed by atoms with Gasteiger partial charge in [-0.3, -0.25) is 0 Å². The minimum absolute atomic E-state index is 0.0234. The maximum Gasteiger partial charge on any atom is 0.411 e. The van der Waals surface area contributed by atoms with Crippen LogP contribution in [0, 0.1) is 0 Å². The number of rotatable bonds is 5. The van der Waals surface area contributed by atoms with Crippen LogP contribution in [0.5, 0.6) is 0 Å². The van der Waals surface area contributed by atoms with Crippen LogP contribution in [0.1, 0.15) is 36.9 Å². The lowest BCUT2D eigenvalue weighted by Gasteiger charge is -2.43. The van der Waals surface area contributed by atoms with E-state index in [2.05, 4.69) is 15.9 Å². The molecule has 0 saturated carbocycles. The standard InChI is InChI=1S/C20H22BrNO3/c1-15(16-7-9-18(21)10-8-16)22-13-11-20(12-14-23,25-19(22)24)17-5-3-2-4-6-17/h2-10,15,23H,11-14H2,1H3/t15-,20?/m0/s1. The Morgan fingerprint density at radius 1 is 1.20 bits per heavy atom. The normalized spacial score (nSPS) is 21.7. The zero-order valence-corrected chi connectivity index (χ0v) is 15.8. The topological polar surface area (TPSA) is 49.8 Å². The number of nitrogens with zero attached hydrogens (tertiary/aromatic N) is 1. The van der Waals surface area contributed by atoms with Gasteiger partial charge in [0, 0.05) is 30.5 Å². The van der Waals surface area contributed by atoms with Crippen molar-refractivity contribution in [3.8, 4) is 0 Å². The maximum absolute atomic E-state index is 12.8. The molecule has 1 aliphatic heterocycles. The van der Waals surface area contributed by atoms with Crippen LogP contribution < -0.4 is 0 Å². The molecule has 0 bridgehead atoms. The van der Waals surface area contributed by atoms with Crippen LogP contribution in [-0.2, 0) is 10.3 Å². The molecule has 5 heteroatoms. The minimum atomic E-state index is -0.747. The van der Waals surface area contributed by atoms with E-state index >= 15 is 0 Å². The molecule has 1 N–H and O–H groups in total. The first-order valence-corrected chi connectivity index (χ1v) is 9.26. The van der Waals surface area contributed by atoms with E-state index in [0.29, 0.717) is 19.4 Å². The van der Waals surface area contributed by atoms with Gasteiger partial charge >= 0.3 is 6.09 Å². The SMILES string of the molecule is C[C@@H](c1ccc(Br)cc1)N1CCC(CCO)(c2ccccc2)OC1=O. The molecule has 0 radical (unpaired) electrons. The van der Waals surface area contributed by atoms with Crippen molar-refractivity contribution in [2.24, 2.45) is 0 Å². The Balaban J connectivity index is 1.81.